The first-order valence-corrected chi connectivity index (χ1v) is 6.16. The van der Waals surface area contributed by atoms with Crippen molar-refractivity contribution in [3.05, 3.63) is 33.5 Å². The van der Waals surface area contributed by atoms with Gasteiger partial charge in [0, 0.05) is 6.07 Å². The number of nitrogens with one attached hydrogen (secondary N) is 1. The highest BCUT2D eigenvalue weighted by molar-refractivity contribution is 6.12. The van der Waals surface area contributed by atoms with E-state index in [4.69, 9.17) is 14.6 Å². The molecule has 0 bridgehead atoms. The van der Waals surface area contributed by atoms with Crippen molar-refractivity contribution in [2.45, 2.75) is 0 Å². The molecule has 2 aromatic rings. The molecule has 2 N–H and O–H groups in total. The highest BCUT2D eigenvalue weighted by Gasteiger charge is 2.29. The molecule has 1 heterocycles. The molecular weight excluding hydrogens is 328 g/mol. The van der Waals surface area contributed by atoms with Gasteiger partial charge in [0.25, 0.3) is 11.6 Å². The minimum Gasteiger partial charge on any atom is -0.493 e. The molecule has 24 heavy (non-hydrogen) atoms. The lowest BCUT2D eigenvalue weighted by Crippen LogP contribution is -2.11. The van der Waals surface area contributed by atoms with Crippen molar-refractivity contribution in [1.82, 2.24) is 15.4 Å². The first kappa shape index (κ1) is 16.7. The molecule has 2 rings (SSSR count). The third kappa shape index (κ3) is 3.06. The predicted octanol–water partition coefficient (Wildman–Crippen LogP) is 1.02. The number of ketones is 1. The van der Waals surface area contributed by atoms with Crippen LogP contribution >= 0.6 is 0 Å². The van der Waals surface area contributed by atoms with Gasteiger partial charge in [-0.15, -0.1) is 0 Å². The van der Waals surface area contributed by atoms with Gasteiger partial charge >= 0.3 is 6.16 Å². The molecule has 0 aliphatic carbocycles. The molecule has 1 aromatic carbocycles. The van der Waals surface area contributed by atoms with Crippen molar-refractivity contribution in [1.29, 1.82) is 0 Å². The first-order valence-electron chi connectivity index (χ1n) is 6.16. The number of H-pyrrole nitrogens is 1. The zero-order chi connectivity index (χ0) is 17.9. The molecule has 0 aliphatic heterocycles. The van der Waals surface area contributed by atoms with Gasteiger partial charge < -0.3 is 19.3 Å². The number of nitro benzene ring substituents is 1. The first-order chi connectivity index (χ1) is 11.4. The topological polar surface area (TPSA) is 167 Å². The van der Waals surface area contributed by atoms with Crippen molar-refractivity contribution in [3.63, 3.8) is 0 Å². The Morgan fingerprint density at radius 1 is 1.25 bits per heavy atom. The standard InChI is InChI=1S/C12H10N4O8/c1-22-7-3-5(6(16(20)21)4-8(7)23-2)10(17)9-11(14-15-13-9)24-12(18)19/h3-4H,1-2H3,(H,18,19)(H,13,14,15). The van der Waals surface area contributed by atoms with Crippen LogP contribution in [0.25, 0.3) is 0 Å². The summed E-state index contributed by atoms with van der Waals surface area (Å²) in [5.41, 5.74) is -1.43. The minimum atomic E-state index is -1.72. The van der Waals surface area contributed by atoms with Crippen molar-refractivity contribution in [2.24, 2.45) is 0 Å². The fourth-order valence-corrected chi connectivity index (χ4v) is 1.86. The SMILES string of the molecule is COc1cc(C(=O)c2[nH]nnc2OC(=O)O)c([N+](=O)[O-])cc1OC. The molecule has 0 atom stereocenters. The number of rotatable bonds is 6. The zero-order valence-corrected chi connectivity index (χ0v) is 12.3. The molecule has 0 aliphatic rings. The highest BCUT2D eigenvalue weighted by Crippen LogP contribution is 2.36. The van der Waals surface area contributed by atoms with E-state index in [2.05, 4.69) is 20.1 Å². The summed E-state index contributed by atoms with van der Waals surface area (Å²) in [6.07, 6.45) is -1.72. The second kappa shape index (κ2) is 6.60. The van der Waals surface area contributed by atoms with Gasteiger partial charge in [-0.3, -0.25) is 20.0 Å². The molecule has 126 valence electrons. The molecule has 0 spiro atoms. The van der Waals surface area contributed by atoms with E-state index >= 15 is 0 Å². The quantitative estimate of drug-likeness (QED) is 0.336. The van der Waals surface area contributed by atoms with Crippen molar-refractivity contribution >= 4 is 17.6 Å². The monoisotopic (exact) mass is 338 g/mol. The third-order valence-electron chi connectivity index (χ3n) is 2.87. The summed E-state index contributed by atoms with van der Waals surface area (Å²) in [4.78, 5) is 33.5. The number of methoxy groups -OCH3 is 2. The van der Waals surface area contributed by atoms with Gasteiger partial charge in [0.2, 0.25) is 5.78 Å². The van der Waals surface area contributed by atoms with Gasteiger partial charge in [0.1, 0.15) is 5.56 Å². The van der Waals surface area contributed by atoms with E-state index in [-0.39, 0.29) is 17.1 Å². The lowest BCUT2D eigenvalue weighted by Gasteiger charge is -2.09. The van der Waals surface area contributed by atoms with Crippen LogP contribution in [0.4, 0.5) is 10.5 Å². The van der Waals surface area contributed by atoms with Gasteiger partial charge in [0.15, 0.2) is 17.2 Å². The number of ether oxygens (including phenoxy) is 3. The lowest BCUT2D eigenvalue weighted by atomic mass is 10.1. The van der Waals surface area contributed by atoms with Crippen LogP contribution in [0.15, 0.2) is 12.1 Å². The second-order valence-electron chi connectivity index (χ2n) is 4.17. The number of nitrogens with zero attached hydrogens (tertiary/aromatic N) is 3. The van der Waals surface area contributed by atoms with Crippen LogP contribution in [-0.2, 0) is 0 Å². The molecule has 0 saturated heterocycles. The number of nitro groups is 1. The normalized spacial score (nSPS) is 10.1. The summed E-state index contributed by atoms with van der Waals surface area (Å²) < 4.78 is 14.3. The maximum Gasteiger partial charge on any atom is 0.512 e. The number of benzene rings is 1. The smallest absolute Gasteiger partial charge is 0.493 e. The highest BCUT2D eigenvalue weighted by atomic mass is 16.7. The predicted molar refractivity (Wildman–Crippen MR) is 74.7 cm³/mol. The Morgan fingerprint density at radius 3 is 2.42 bits per heavy atom. The minimum absolute atomic E-state index is 0.0468. The van der Waals surface area contributed by atoms with E-state index in [1.165, 1.54) is 14.2 Å². The Bertz CT molecular complexity index is 815. The molecule has 0 radical (unpaired) electrons. The fraction of sp³-hybridized carbons (Fsp3) is 0.167. The van der Waals surface area contributed by atoms with Crippen LogP contribution in [0.3, 0.4) is 0 Å². The van der Waals surface area contributed by atoms with Crippen molar-refractivity contribution < 1.29 is 33.8 Å². The molecule has 0 unspecified atom stereocenters. The number of aromatic nitrogens is 3. The summed E-state index contributed by atoms with van der Waals surface area (Å²) in [5, 5.41) is 28.5. The second-order valence-corrected chi connectivity index (χ2v) is 4.17. The lowest BCUT2D eigenvalue weighted by molar-refractivity contribution is -0.385. The number of aromatic amines is 1. The number of carboxylic acid groups (broad SMARTS) is 1. The van der Waals surface area contributed by atoms with Crippen molar-refractivity contribution in [2.75, 3.05) is 14.2 Å². The van der Waals surface area contributed by atoms with Gasteiger partial charge in [-0.25, -0.2) is 4.79 Å². The summed E-state index contributed by atoms with van der Waals surface area (Å²) in [6, 6.07) is 2.10. The molecule has 12 nitrogen and oxygen atoms in total. The Morgan fingerprint density at radius 2 is 1.88 bits per heavy atom. The average molecular weight is 338 g/mol. The largest absolute Gasteiger partial charge is 0.512 e. The van der Waals surface area contributed by atoms with E-state index < -0.39 is 34.1 Å². The van der Waals surface area contributed by atoms with Gasteiger partial charge in [-0.1, -0.05) is 10.3 Å². The van der Waals surface area contributed by atoms with Crippen LogP contribution in [0.2, 0.25) is 0 Å². The Balaban J connectivity index is 2.58. The van der Waals surface area contributed by atoms with Gasteiger partial charge in [-0.05, 0) is 0 Å². The number of hydrogen-bond donors (Lipinski definition) is 2. The molecule has 12 heteroatoms. The maximum absolute atomic E-state index is 12.5. The summed E-state index contributed by atoms with van der Waals surface area (Å²) in [5.74, 6) is -1.47. The summed E-state index contributed by atoms with van der Waals surface area (Å²) >= 11 is 0. The Hall–Kier alpha value is -3.70. The fourth-order valence-electron chi connectivity index (χ4n) is 1.86. The van der Waals surface area contributed by atoms with Crippen LogP contribution in [0.1, 0.15) is 16.1 Å². The molecule has 0 amide bonds. The molecule has 0 saturated carbocycles. The van der Waals surface area contributed by atoms with E-state index in [9.17, 15) is 19.7 Å². The van der Waals surface area contributed by atoms with E-state index in [0.29, 0.717) is 0 Å². The summed E-state index contributed by atoms with van der Waals surface area (Å²) in [6.45, 7) is 0. The average Bonchev–Trinajstić information content (AvgIpc) is 2.99. The third-order valence-corrected chi connectivity index (χ3v) is 2.87. The molecule has 0 fully saturated rings. The van der Waals surface area contributed by atoms with Crippen LogP contribution in [0.5, 0.6) is 17.4 Å². The van der Waals surface area contributed by atoms with E-state index in [1.807, 2.05) is 0 Å². The number of carbonyl (C=O) groups is 2. The number of carbonyl (C=O) groups excluding carboxylic acids is 1. The Labute approximate surface area is 133 Å². The van der Waals surface area contributed by atoms with E-state index in [0.717, 1.165) is 12.1 Å². The zero-order valence-electron chi connectivity index (χ0n) is 12.3. The molecule has 1 aromatic heterocycles. The van der Waals surface area contributed by atoms with Crippen molar-refractivity contribution in [3.8, 4) is 17.4 Å². The maximum atomic E-state index is 12.5. The molecular formula is C12H10N4O8. The van der Waals surface area contributed by atoms with Crippen LogP contribution in [0, 0.1) is 10.1 Å². The van der Waals surface area contributed by atoms with Crippen LogP contribution < -0.4 is 14.2 Å². The van der Waals surface area contributed by atoms with Crippen LogP contribution in [-0.4, -0.2) is 51.6 Å². The van der Waals surface area contributed by atoms with Gasteiger partial charge in [-0.2, -0.15) is 0 Å². The summed E-state index contributed by atoms with van der Waals surface area (Å²) in [7, 11) is 2.56. The number of hydrogen-bond acceptors (Lipinski definition) is 9. The van der Waals surface area contributed by atoms with E-state index in [1.54, 1.807) is 0 Å². The van der Waals surface area contributed by atoms with Gasteiger partial charge in [0.05, 0.1) is 25.2 Å². The Kier molecular flexibility index (Phi) is 4.58.